The fourth-order valence-electron chi connectivity index (χ4n) is 3.08. The van der Waals surface area contributed by atoms with Gasteiger partial charge in [0, 0.05) is 16.3 Å². The van der Waals surface area contributed by atoms with Crippen LogP contribution in [0.1, 0.15) is 16.1 Å². The zero-order valence-electron chi connectivity index (χ0n) is 17.5. The molecule has 0 atom stereocenters. The molecule has 2 heterocycles. The molecule has 8 nitrogen and oxygen atoms in total. The highest BCUT2D eigenvalue weighted by atomic mass is 35.5. The van der Waals surface area contributed by atoms with E-state index in [0.29, 0.717) is 33.8 Å². The van der Waals surface area contributed by atoms with E-state index in [4.69, 9.17) is 20.8 Å². The molecule has 0 unspecified atom stereocenters. The summed E-state index contributed by atoms with van der Waals surface area (Å²) in [7, 11) is 1.31. The topological polar surface area (TPSA) is 99.2 Å². The number of halogens is 1. The van der Waals surface area contributed by atoms with Crippen LogP contribution >= 0.6 is 23.4 Å². The molecule has 0 radical (unpaired) electrons. The highest BCUT2D eigenvalue weighted by molar-refractivity contribution is 7.99. The average Bonchev–Trinajstić information content (AvgIpc) is 3.48. The second-order valence-corrected chi connectivity index (χ2v) is 8.27. The standard InChI is InChI=1S/C23H19ClN4O4S/c1-31-22(30)16-4-2-5-18(12-16)25-20(29)14-33-23-27-26-21(15-7-9-17(24)10-8-15)28(23)13-19-6-3-11-32-19/h2-12H,13-14H2,1H3,(H,25,29). The number of benzene rings is 2. The summed E-state index contributed by atoms with van der Waals surface area (Å²) >= 11 is 7.26. The van der Waals surface area contributed by atoms with E-state index in [2.05, 4.69) is 15.5 Å². The molecular formula is C23H19ClN4O4S. The van der Waals surface area contributed by atoms with E-state index in [0.717, 1.165) is 11.3 Å². The molecule has 0 aliphatic rings. The zero-order valence-corrected chi connectivity index (χ0v) is 19.1. The van der Waals surface area contributed by atoms with Gasteiger partial charge in [0.2, 0.25) is 5.91 Å². The molecule has 0 fully saturated rings. The van der Waals surface area contributed by atoms with E-state index in [1.807, 2.05) is 28.8 Å². The van der Waals surface area contributed by atoms with Crippen LogP contribution < -0.4 is 5.32 Å². The Balaban J connectivity index is 1.50. The maximum Gasteiger partial charge on any atom is 0.337 e. The summed E-state index contributed by atoms with van der Waals surface area (Å²) < 4.78 is 12.1. The number of ether oxygens (including phenoxy) is 1. The van der Waals surface area contributed by atoms with Crippen molar-refractivity contribution in [2.24, 2.45) is 0 Å². The van der Waals surface area contributed by atoms with Crippen LogP contribution in [-0.2, 0) is 16.1 Å². The summed E-state index contributed by atoms with van der Waals surface area (Å²) in [5.41, 5.74) is 1.70. The molecule has 168 valence electrons. The molecule has 10 heteroatoms. The Hall–Kier alpha value is -3.56. The molecule has 0 bridgehead atoms. The summed E-state index contributed by atoms with van der Waals surface area (Å²) in [5, 5.41) is 12.6. The van der Waals surface area contributed by atoms with Crippen molar-refractivity contribution in [2.75, 3.05) is 18.2 Å². The molecule has 0 spiro atoms. The minimum atomic E-state index is -0.471. The molecule has 1 N–H and O–H groups in total. The third kappa shape index (κ3) is 5.63. The summed E-state index contributed by atoms with van der Waals surface area (Å²) in [6.45, 7) is 0.406. The number of carbonyl (C=O) groups is 2. The van der Waals surface area contributed by atoms with Gasteiger partial charge in [-0.05, 0) is 54.6 Å². The number of hydrogen-bond acceptors (Lipinski definition) is 7. The third-order valence-electron chi connectivity index (χ3n) is 4.61. The summed E-state index contributed by atoms with van der Waals surface area (Å²) in [4.78, 5) is 24.2. The van der Waals surface area contributed by atoms with Crippen molar-refractivity contribution in [1.82, 2.24) is 14.8 Å². The van der Waals surface area contributed by atoms with Crippen LogP contribution in [0.2, 0.25) is 5.02 Å². The van der Waals surface area contributed by atoms with Crippen LogP contribution in [0, 0.1) is 0 Å². The van der Waals surface area contributed by atoms with Gasteiger partial charge in [-0.2, -0.15) is 0 Å². The lowest BCUT2D eigenvalue weighted by molar-refractivity contribution is -0.113. The maximum atomic E-state index is 12.5. The second kappa shape index (κ2) is 10.4. The fourth-order valence-corrected chi connectivity index (χ4v) is 3.94. The maximum absolute atomic E-state index is 12.5. The summed E-state index contributed by atoms with van der Waals surface area (Å²) in [6.07, 6.45) is 1.60. The van der Waals surface area contributed by atoms with E-state index < -0.39 is 5.97 Å². The van der Waals surface area contributed by atoms with E-state index in [-0.39, 0.29) is 11.7 Å². The van der Waals surface area contributed by atoms with Crippen LogP contribution in [0.15, 0.2) is 76.5 Å². The molecular weight excluding hydrogens is 464 g/mol. The predicted octanol–water partition coefficient (Wildman–Crippen LogP) is 4.76. The Morgan fingerprint density at radius 3 is 2.67 bits per heavy atom. The van der Waals surface area contributed by atoms with Gasteiger partial charge < -0.3 is 14.5 Å². The van der Waals surface area contributed by atoms with Crippen molar-refractivity contribution < 1.29 is 18.7 Å². The Kier molecular flexibility index (Phi) is 7.11. The first-order valence-electron chi connectivity index (χ1n) is 9.86. The first-order chi connectivity index (χ1) is 16.0. The van der Waals surface area contributed by atoms with E-state index in [1.54, 1.807) is 42.7 Å². The van der Waals surface area contributed by atoms with E-state index in [1.165, 1.54) is 18.9 Å². The van der Waals surface area contributed by atoms with Gasteiger partial charge in [-0.15, -0.1) is 10.2 Å². The highest BCUT2D eigenvalue weighted by Gasteiger charge is 2.17. The van der Waals surface area contributed by atoms with Crippen LogP contribution in [0.3, 0.4) is 0 Å². The quantitative estimate of drug-likeness (QED) is 0.285. The van der Waals surface area contributed by atoms with Crippen LogP contribution in [0.5, 0.6) is 0 Å². The Labute approximate surface area is 198 Å². The molecule has 0 saturated heterocycles. The number of anilines is 1. The number of carbonyl (C=O) groups excluding carboxylic acids is 2. The molecule has 0 saturated carbocycles. The minimum absolute atomic E-state index is 0.0966. The lowest BCUT2D eigenvalue weighted by Gasteiger charge is -2.10. The largest absolute Gasteiger partial charge is 0.467 e. The fraction of sp³-hybridized carbons (Fsp3) is 0.130. The SMILES string of the molecule is COC(=O)c1cccc(NC(=O)CSc2nnc(-c3ccc(Cl)cc3)n2Cc2ccco2)c1. The average molecular weight is 483 g/mol. The Morgan fingerprint density at radius 1 is 1.12 bits per heavy atom. The number of nitrogens with one attached hydrogen (secondary N) is 1. The minimum Gasteiger partial charge on any atom is -0.467 e. The van der Waals surface area contributed by atoms with Crippen LogP contribution in [-0.4, -0.2) is 39.5 Å². The number of methoxy groups -OCH3 is 1. The normalized spacial score (nSPS) is 10.7. The Bertz CT molecular complexity index is 1260. The van der Waals surface area contributed by atoms with E-state index >= 15 is 0 Å². The predicted molar refractivity (Wildman–Crippen MR) is 125 cm³/mol. The molecule has 4 rings (SSSR count). The summed E-state index contributed by atoms with van der Waals surface area (Å²) in [5.74, 6) is 0.746. The molecule has 0 aliphatic carbocycles. The van der Waals surface area contributed by atoms with Gasteiger partial charge in [-0.3, -0.25) is 9.36 Å². The van der Waals surface area contributed by atoms with E-state index in [9.17, 15) is 9.59 Å². The monoisotopic (exact) mass is 482 g/mol. The van der Waals surface area contributed by atoms with Crippen molar-refractivity contribution in [2.45, 2.75) is 11.7 Å². The van der Waals surface area contributed by atoms with Gasteiger partial charge in [0.05, 0.1) is 31.2 Å². The van der Waals surface area contributed by atoms with Crippen LogP contribution in [0.25, 0.3) is 11.4 Å². The number of nitrogens with zero attached hydrogens (tertiary/aromatic N) is 3. The highest BCUT2D eigenvalue weighted by Crippen LogP contribution is 2.26. The van der Waals surface area contributed by atoms with Crippen LogP contribution in [0.4, 0.5) is 5.69 Å². The van der Waals surface area contributed by atoms with Crippen molar-refractivity contribution >= 4 is 40.9 Å². The number of furan rings is 1. The third-order valence-corrected chi connectivity index (χ3v) is 5.83. The van der Waals surface area contributed by atoms with Gasteiger partial charge in [0.15, 0.2) is 11.0 Å². The molecule has 1 amide bonds. The number of esters is 1. The lowest BCUT2D eigenvalue weighted by Crippen LogP contribution is -2.15. The lowest BCUT2D eigenvalue weighted by atomic mass is 10.2. The number of aromatic nitrogens is 3. The molecule has 2 aromatic carbocycles. The smallest absolute Gasteiger partial charge is 0.337 e. The number of thioether (sulfide) groups is 1. The van der Waals surface area contributed by atoms with Crippen molar-refractivity contribution in [1.29, 1.82) is 0 Å². The summed E-state index contributed by atoms with van der Waals surface area (Å²) in [6, 6.07) is 17.5. The van der Waals surface area contributed by atoms with Crippen molar-refractivity contribution in [3.8, 4) is 11.4 Å². The number of rotatable bonds is 8. The first-order valence-corrected chi connectivity index (χ1v) is 11.2. The van der Waals surface area contributed by atoms with Gasteiger partial charge >= 0.3 is 5.97 Å². The van der Waals surface area contributed by atoms with Crippen molar-refractivity contribution in [3.63, 3.8) is 0 Å². The van der Waals surface area contributed by atoms with Gasteiger partial charge in [0.1, 0.15) is 5.76 Å². The zero-order chi connectivity index (χ0) is 23.2. The van der Waals surface area contributed by atoms with Gasteiger partial charge in [0.25, 0.3) is 0 Å². The van der Waals surface area contributed by atoms with Gasteiger partial charge in [-0.25, -0.2) is 4.79 Å². The molecule has 2 aromatic heterocycles. The first kappa shape index (κ1) is 22.6. The number of amides is 1. The molecule has 33 heavy (non-hydrogen) atoms. The van der Waals surface area contributed by atoms with Crippen molar-refractivity contribution in [3.05, 3.63) is 83.3 Å². The van der Waals surface area contributed by atoms with Gasteiger partial charge in [-0.1, -0.05) is 29.4 Å². The second-order valence-electron chi connectivity index (χ2n) is 6.89. The molecule has 4 aromatic rings. The molecule has 0 aliphatic heterocycles. The Morgan fingerprint density at radius 2 is 1.94 bits per heavy atom. The number of hydrogen-bond donors (Lipinski definition) is 1.